The minimum absolute atomic E-state index is 0.0277. The van der Waals surface area contributed by atoms with E-state index in [1.54, 1.807) is 23.9 Å². The van der Waals surface area contributed by atoms with E-state index < -0.39 is 6.61 Å². The molecule has 0 aliphatic heterocycles. The molecule has 0 saturated carbocycles. The number of carbonyl (C=O) groups excluding carboxylic acids is 1. The summed E-state index contributed by atoms with van der Waals surface area (Å²) < 4.78 is 33.7. The molecule has 0 heterocycles. The second-order valence-electron chi connectivity index (χ2n) is 4.42. The Hall–Kier alpha value is -2.28. The van der Waals surface area contributed by atoms with Crippen LogP contribution in [0.25, 0.3) is 0 Å². The van der Waals surface area contributed by atoms with Gasteiger partial charge in [0.15, 0.2) is 0 Å². The highest BCUT2D eigenvalue weighted by Gasteiger charge is 2.13. The molecular formula is C16H15F2NO3S. The van der Waals surface area contributed by atoms with Crippen molar-refractivity contribution in [3.05, 3.63) is 48.0 Å². The van der Waals surface area contributed by atoms with Crippen molar-refractivity contribution >= 4 is 23.4 Å². The number of hydrogen-bond donors (Lipinski definition) is 1. The van der Waals surface area contributed by atoms with Gasteiger partial charge in [-0.15, -0.1) is 11.8 Å². The first-order valence-electron chi connectivity index (χ1n) is 6.61. The van der Waals surface area contributed by atoms with Gasteiger partial charge in [0.1, 0.15) is 11.5 Å². The molecule has 0 saturated heterocycles. The fourth-order valence-corrected chi connectivity index (χ4v) is 2.33. The molecule has 2 aromatic carbocycles. The van der Waals surface area contributed by atoms with Gasteiger partial charge in [-0.3, -0.25) is 4.79 Å². The number of amides is 1. The molecule has 0 aliphatic carbocycles. The van der Waals surface area contributed by atoms with Crippen molar-refractivity contribution in [2.24, 2.45) is 0 Å². The predicted molar refractivity (Wildman–Crippen MR) is 85.8 cm³/mol. The predicted octanol–water partition coefficient (Wildman–Crippen LogP) is 4.27. The minimum atomic E-state index is -2.88. The second kappa shape index (κ2) is 7.82. The number of hydrogen-bond acceptors (Lipinski definition) is 4. The maximum Gasteiger partial charge on any atom is 0.387 e. The molecule has 1 amide bonds. The fourth-order valence-electron chi connectivity index (χ4n) is 1.90. The number of benzene rings is 2. The van der Waals surface area contributed by atoms with Crippen LogP contribution in [0, 0.1) is 0 Å². The number of thioether (sulfide) groups is 1. The minimum Gasteiger partial charge on any atom is -0.496 e. The molecule has 0 unspecified atom stereocenters. The molecule has 1 N–H and O–H groups in total. The van der Waals surface area contributed by atoms with Crippen molar-refractivity contribution in [3.8, 4) is 11.5 Å². The van der Waals surface area contributed by atoms with Gasteiger partial charge in [0.2, 0.25) is 0 Å². The summed E-state index contributed by atoms with van der Waals surface area (Å²) >= 11 is 1.54. The highest BCUT2D eigenvalue weighted by atomic mass is 32.2. The standard InChI is InChI=1S/C16H15F2NO3S/c1-21-14-9-12(23-2)7-8-13(14)15(20)19-10-3-5-11(6-4-10)22-16(17)18/h3-9,16H,1-2H3,(H,19,20). The summed E-state index contributed by atoms with van der Waals surface area (Å²) in [7, 11) is 1.49. The van der Waals surface area contributed by atoms with Crippen LogP contribution in [0.3, 0.4) is 0 Å². The average Bonchev–Trinajstić information content (AvgIpc) is 2.55. The number of rotatable bonds is 6. The highest BCUT2D eigenvalue weighted by molar-refractivity contribution is 7.98. The van der Waals surface area contributed by atoms with E-state index in [0.717, 1.165) is 4.90 Å². The van der Waals surface area contributed by atoms with E-state index in [-0.39, 0.29) is 11.7 Å². The number of alkyl halides is 2. The largest absolute Gasteiger partial charge is 0.496 e. The first-order valence-corrected chi connectivity index (χ1v) is 7.84. The molecule has 0 bridgehead atoms. The average molecular weight is 339 g/mol. The number of nitrogens with one attached hydrogen (secondary N) is 1. The first-order chi connectivity index (χ1) is 11.0. The van der Waals surface area contributed by atoms with Gasteiger partial charge in [0.25, 0.3) is 5.91 Å². The number of methoxy groups -OCH3 is 1. The Morgan fingerprint density at radius 2 is 1.87 bits per heavy atom. The van der Waals surface area contributed by atoms with Gasteiger partial charge in [0, 0.05) is 10.6 Å². The van der Waals surface area contributed by atoms with E-state index in [1.807, 2.05) is 12.3 Å². The van der Waals surface area contributed by atoms with E-state index in [0.29, 0.717) is 17.0 Å². The van der Waals surface area contributed by atoms with Crippen LogP contribution in [0.15, 0.2) is 47.4 Å². The van der Waals surface area contributed by atoms with Crippen molar-refractivity contribution in [1.29, 1.82) is 0 Å². The van der Waals surface area contributed by atoms with Gasteiger partial charge in [-0.2, -0.15) is 8.78 Å². The summed E-state index contributed by atoms with van der Waals surface area (Å²) in [6, 6.07) is 11.0. The first kappa shape index (κ1) is 17.1. The SMILES string of the molecule is COc1cc(SC)ccc1C(=O)Nc1ccc(OC(F)F)cc1. The van der Waals surface area contributed by atoms with E-state index in [9.17, 15) is 13.6 Å². The van der Waals surface area contributed by atoms with Gasteiger partial charge in [0.05, 0.1) is 12.7 Å². The Kier molecular flexibility index (Phi) is 5.81. The molecule has 0 aliphatic rings. The molecule has 0 atom stereocenters. The van der Waals surface area contributed by atoms with Crippen LogP contribution in [0.5, 0.6) is 11.5 Å². The molecule has 2 rings (SSSR count). The third-order valence-corrected chi connectivity index (χ3v) is 3.72. The number of ether oxygens (including phenoxy) is 2. The lowest BCUT2D eigenvalue weighted by Gasteiger charge is -2.11. The van der Waals surface area contributed by atoms with Crippen molar-refractivity contribution in [1.82, 2.24) is 0 Å². The van der Waals surface area contributed by atoms with E-state index in [2.05, 4.69) is 10.1 Å². The summed E-state index contributed by atoms with van der Waals surface area (Å²) in [6.45, 7) is -2.88. The van der Waals surface area contributed by atoms with E-state index in [1.165, 1.54) is 31.4 Å². The third-order valence-electron chi connectivity index (χ3n) is 2.99. The molecule has 4 nitrogen and oxygen atoms in total. The molecule has 122 valence electrons. The van der Waals surface area contributed by atoms with Crippen molar-refractivity contribution < 1.29 is 23.0 Å². The zero-order valence-electron chi connectivity index (χ0n) is 12.5. The van der Waals surface area contributed by atoms with Crippen LogP contribution in [-0.4, -0.2) is 25.9 Å². The Labute approximate surface area is 136 Å². The van der Waals surface area contributed by atoms with Gasteiger partial charge >= 0.3 is 6.61 Å². The van der Waals surface area contributed by atoms with Crippen LogP contribution in [0.1, 0.15) is 10.4 Å². The van der Waals surface area contributed by atoms with Crippen LogP contribution in [-0.2, 0) is 0 Å². The third kappa shape index (κ3) is 4.59. The Morgan fingerprint density at radius 1 is 1.17 bits per heavy atom. The quantitative estimate of drug-likeness (QED) is 0.799. The maximum absolute atomic E-state index is 12.3. The smallest absolute Gasteiger partial charge is 0.387 e. The summed E-state index contributed by atoms with van der Waals surface area (Å²) in [5, 5.41) is 2.68. The Bertz CT molecular complexity index is 678. The summed E-state index contributed by atoms with van der Waals surface area (Å²) in [6.07, 6.45) is 1.93. The van der Waals surface area contributed by atoms with E-state index in [4.69, 9.17) is 4.74 Å². The molecule has 7 heteroatoms. The number of carbonyl (C=O) groups is 1. The van der Waals surface area contributed by atoms with E-state index >= 15 is 0 Å². The maximum atomic E-state index is 12.3. The van der Waals surface area contributed by atoms with Gasteiger partial charge in [-0.05, 0) is 48.7 Å². The molecular weight excluding hydrogens is 324 g/mol. The molecule has 2 aromatic rings. The van der Waals surface area contributed by atoms with Crippen molar-refractivity contribution in [2.75, 3.05) is 18.7 Å². The molecule has 23 heavy (non-hydrogen) atoms. The zero-order valence-corrected chi connectivity index (χ0v) is 13.3. The Morgan fingerprint density at radius 3 is 2.43 bits per heavy atom. The van der Waals surface area contributed by atoms with Crippen LogP contribution in [0.2, 0.25) is 0 Å². The monoisotopic (exact) mass is 339 g/mol. The van der Waals surface area contributed by atoms with Crippen LogP contribution in [0.4, 0.5) is 14.5 Å². The molecule has 0 spiro atoms. The molecule has 0 radical (unpaired) electrons. The lowest BCUT2D eigenvalue weighted by Crippen LogP contribution is -2.13. The Balaban J connectivity index is 2.12. The summed E-state index contributed by atoms with van der Waals surface area (Å²) in [4.78, 5) is 13.3. The van der Waals surface area contributed by atoms with Crippen molar-refractivity contribution in [3.63, 3.8) is 0 Å². The number of anilines is 1. The normalized spacial score (nSPS) is 10.5. The topological polar surface area (TPSA) is 47.6 Å². The van der Waals surface area contributed by atoms with Crippen molar-refractivity contribution in [2.45, 2.75) is 11.5 Å². The molecule has 0 aromatic heterocycles. The lowest BCUT2D eigenvalue weighted by atomic mass is 10.2. The summed E-state index contributed by atoms with van der Waals surface area (Å²) in [5.74, 6) is 0.143. The van der Waals surface area contributed by atoms with Gasteiger partial charge in [-0.1, -0.05) is 0 Å². The lowest BCUT2D eigenvalue weighted by molar-refractivity contribution is -0.0498. The van der Waals surface area contributed by atoms with Gasteiger partial charge < -0.3 is 14.8 Å². The highest BCUT2D eigenvalue weighted by Crippen LogP contribution is 2.26. The summed E-state index contributed by atoms with van der Waals surface area (Å²) in [5.41, 5.74) is 0.853. The second-order valence-corrected chi connectivity index (χ2v) is 5.30. The molecule has 0 fully saturated rings. The van der Waals surface area contributed by atoms with Crippen LogP contribution >= 0.6 is 11.8 Å². The fraction of sp³-hybridized carbons (Fsp3) is 0.188. The number of halogens is 2. The zero-order chi connectivity index (χ0) is 16.8. The van der Waals surface area contributed by atoms with Crippen LogP contribution < -0.4 is 14.8 Å². The van der Waals surface area contributed by atoms with Gasteiger partial charge in [-0.25, -0.2) is 0 Å².